The Bertz CT molecular complexity index is 378. The minimum atomic E-state index is -0.0844. The number of nitrogens with zero attached hydrogens (tertiary/aromatic N) is 2. The van der Waals surface area contributed by atoms with Crippen molar-refractivity contribution in [3.63, 3.8) is 0 Å². The second kappa shape index (κ2) is 5.99. The summed E-state index contributed by atoms with van der Waals surface area (Å²) >= 11 is 3.15. The third-order valence-electron chi connectivity index (χ3n) is 1.93. The summed E-state index contributed by atoms with van der Waals surface area (Å²) < 4.78 is 7.24. The fraction of sp³-hybridized carbons (Fsp3) is 0.556. The highest BCUT2D eigenvalue weighted by Gasteiger charge is 2.04. The molecule has 5 nitrogen and oxygen atoms in total. The van der Waals surface area contributed by atoms with Crippen molar-refractivity contribution in [1.82, 2.24) is 9.55 Å². The molecule has 0 saturated heterocycles. The monoisotopic (exact) mass is 275 g/mol. The van der Waals surface area contributed by atoms with E-state index >= 15 is 0 Å². The second-order valence-corrected chi connectivity index (χ2v) is 3.87. The first-order chi connectivity index (χ1) is 7.16. The summed E-state index contributed by atoms with van der Waals surface area (Å²) in [5, 5.41) is 0. The maximum absolute atomic E-state index is 11.6. The number of hydrogen-bond acceptors (Lipinski definition) is 4. The smallest absolute Gasteiger partial charge is 0.267 e. The van der Waals surface area contributed by atoms with E-state index in [9.17, 15) is 4.79 Å². The molecule has 6 heteroatoms. The lowest BCUT2D eigenvalue weighted by Gasteiger charge is -2.09. The maximum Gasteiger partial charge on any atom is 0.267 e. The van der Waals surface area contributed by atoms with Gasteiger partial charge in [-0.1, -0.05) is 0 Å². The number of nitrogens with two attached hydrogens (primary N) is 1. The van der Waals surface area contributed by atoms with Crippen LogP contribution in [-0.2, 0) is 11.3 Å². The van der Waals surface area contributed by atoms with Crippen LogP contribution in [0.4, 0.5) is 0 Å². The molecule has 1 rings (SSSR count). The van der Waals surface area contributed by atoms with Crippen molar-refractivity contribution in [2.75, 3.05) is 19.8 Å². The Labute approximate surface area is 96.4 Å². The van der Waals surface area contributed by atoms with E-state index in [4.69, 9.17) is 10.5 Å². The van der Waals surface area contributed by atoms with Gasteiger partial charge in [0.2, 0.25) is 0 Å². The zero-order chi connectivity index (χ0) is 11.3. The van der Waals surface area contributed by atoms with Crippen LogP contribution in [0.5, 0.6) is 0 Å². The number of halogens is 1. The molecule has 0 fully saturated rings. The van der Waals surface area contributed by atoms with Gasteiger partial charge < -0.3 is 10.5 Å². The summed E-state index contributed by atoms with van der Waals surface area (Å²) in [4.78, 5) is 15.7. The summed E-state index contributed by atoms with van der Waals surface area (Å²) in [6.45, 7) is 3.75. The van der Waals surface area contributed by atoms with Crippen LogP contribution >= 0.6 is 15.9 Å². The first kappa shape index (κ1) is 12.4. The zero-order valence-corrected chi connectivity index (χ0v) is 10.2. The molecule has 0 radical (unpaired) electrons. The molecule has 0 saturated carbocycles. The van der Waals surface area contributed by atoms with E-state index in [0.717, 1.165) is 0 Å². The normalized spacial score (nSPS) is 10.6. The molecule has 0 amide bonds. The van der Waals surface area contributed by atoms with Crippen molar-refractivity contribution in [2.45, 2.75) is 13.5 Å². The molecule has 0 spiro atoms. The number of rotatable bonds is 5. The average molecular weight is 276 g/mol. The molecule has 15 heavy (non-hydrogen) atoms. The van der Waals surface area contributed by atoms with Crippen LogP contribution < -0.4 is 11.3 Å². The van der Waals surface area contributed by atoms with Gasteiger partial charge in [0.25, 0.3) is 5.56 Å². The van der Waals surface area contributed by atoms with Gasteiger partial charge in [-0.15, -0.1) is 0 Å². The highest BCUT2D eigenvalue weighted by Crippen LogP contribution is 2.01. The summed E-state index contributed by atoms with van der Waals surface area (Å²) in [6, 6.07) is 0. The number of aromatic nitrogens is 2. The Morgan fingerprint density at radius 1 is 1.60 bits per heavy atom. The topological polar surface area (TPSA) is 70.1 Å². The molecule has 1 heterocycles. The standard InChI is InChI=1S/C9H14BrN3O2/c1-7-12-6-8(10)9(14)13(7)3-5-15-4-2-11/h6H,2-5,11H2,1H3. The van der Waals surface area contributed by atoms with E-state index < -0.39 is 0 Å². The highest BCUT2D eigenvalue weighted by molar-refractivity contribution is 9.10. The van der Waals surface area contributed by atoms with Crippen molar-refractivity contribution in [3.8, 4) is 0 Å². The Morgan fingerprint density at radius 3 is 3.00 bits per heavy atom. The molecule has 1 aromatic heterocycles. The summed E-state index contributed by atoms with van der Waals surface area (Å²) in [5.74, 6) is 0.680. The number of aryl methyl sites for hydroxylation is 1. The van der Waals surface area contributed by atoms with Gasteiger partial charge in [0.05, 0.1) is 19.8 Å². The SMILES string of the molecule is Cc1ncc(Br)c(=O)n1CCOCCN. The third-order valence-corrected chi connectivity index (χ3v) is 2.47. The molecule has 0 unspecified atom stereocenters. The van der Waals surface area contributed by atoms with Crippen LogP contribution in [0.25, 0.3) is 0 Å². The van der Waals surface area contributed by atoms with E-state index in [1.165, 1.54) is 6.20 Å². The van der Waals surface area contributed by atoms with Crippen molar-refractivity contribution in [1.29, 1.82) is 0 Å². The minimum Gasteiger partial charge on any atom is -0.378 e. The molecule has 2 N–H and O–H groups in total. The lowest BCUT2D eigenvalue weighted by atomic mass is 10.5. The van der Waals surface area contributed by atoms with E-state index in [0.29, 0.717) is 36.6 Å². The van der Waals surface area contributed by atoms with E-state index in [1.807, 2.05) is 0 Å². The fourth-order valence-corrected chi connectivity index (χ4v) is 1.47. The van der Waals surface area contributed by atoms with Gasteiger partial charge in [-0.25, -0.2) is 4.98 Å². The lowest BCUT2D eigenvalue weighted by Crippen LogP contribution is -2.26. The van der Waals surface area contributed by atoms with Crippen LogP contribution in [0, 0.1) is 6.92 Å². The van der Waals surface area contributed by atoms with E-state index in [1.54, 1.807) is 11.5 Å². The molecule has 0 aliphatic carbocycles. The van der Waals surface area contributed by atoms with Gasteiger partial charge in [-0.3, -0.25) is 9.36 Å². The van der Waals surface area contributed by atoms with Crippen molar-refractivity contribution in [3.05, 3.63) is 26.8 Å². The van der Waals surface area contributed by atoms with Gasteiger partial charge in [0, 0.05) is 12.7 Å². The first-order valence-corrected chi connectivity index (χ1v) is 5.46. The van der Waals surface area contributed by atoms with Gasteiger partial charge >= 0.3 is 0 Å². The predicted octanol–water partition coefficient (Wildman–Crippen LogP) is 0.290. The van der Waals surface area contributed by atoms with Crippen molar-refractivity contribution < 1.29 is 4.74 Å². The van der Waals surface area contributed by atoms with Gasteiger partial charge in [-0.2, -0.15) is 0 Å². The molecule has 0 atom stereocenters. The Balaban J connectivity index is 2.68. The van der Waals surface area contributed by atoms with Crippen LogP contribution in [-0.4, -0.2) is 29.3 Å². The molecular weight excluding hydrogens is 262 g/mol. The number of hydrogen-bond donors (Lipinski definition) is 1. The second-order valence-electron chi connectivity index (χ2n) is 3.01. The predicted molar refractivity (Wildman–Crippen MR) is 60.8 cm³/mol. The van der Waals surface area contributed by atoms with Crippen LogP contribution in [0.1, 0.15) is 5.82 Å². The van der Waals surface area contributed by atoms with E-state index in [-0.39, 0.29) is 5.56 Å². The van der Waals surface area contributed by atoms with Gasteiger partial charge in [0.1, 0.15) is 10.3 Å². The average Bonchev–Trinajstić information content (AvgIpc) is 2.23. The molecule has 84 valence electrons. The van der Waals surface area contributed by atoms with Crippen molar-refractivity contribution in [2.24, 2.45) is 5.73 Å². The Hall–Kier alpha value is -0.720. The molecule has 0 aromatic carbocycles. The molecule has 0 aliphatic rings. The van der Waals surface area contributed by atoms with Gasteiger partial charge in [0.15, 0.2) is 0 Å². The molecular formula is C9H14BrN3O2. The quantitative estimate of drug-likeness (QED) is 0.785. The first-order valence-electron chi connectivity index (χ1n) is 4.66. The Morgan fingerprint density at radius 2 is 2.33 bits per heavy atom. The largest absolute Gasteiger partial charge is 0.378 e. The van der Waals surface area contributed by atoms with Crippen LogP contribution in [0.3, 0.4) is 0 Å². The van der Waals surface area contributed by atoms with Crippen LogP contribution in [0.15, 0.2) is 15.5 Å². The van der Waals surface area contributed by atoms with Gasteiger partial charge in [-0.05, 0) is 22.9 Å². The highest BCUT2D eigenvalue weighted by atomic mass is 79.9. The molecule has 0 aliphatic heterocycles. The molecule has 0 bridgehead atoms. The van der Waals surface area contributed by atoms with Crippen molar-refractivity contribution >= 4 is 15.9 Å². The maximum atomic E-state index is 11.6. The zero-order valence-electron chi connectivity index (χ0n) is 8.57. The summed E-state index contributed by atoms with van der Waals surface area (Å²) in [6.07, 6.45) is 1.51. The lowest BCUT2D eigenvalue weighted by molar-refractivity contribution is 0.132. The third kappa shape index (κ3) is 3.40. The minimum absolute atomic E-state index is 0.0844. The molecule has 1 aromatic rings. The van der Waals surface area contributed by atoms with E-state index in [2.05, 4.69) is 20.9 Å². The Kier molecular flexibility index (Phi) is 4.93. The number of ether oxygens (including phenoxy) is 1. The van der Waals surface area contributed by atoms with Crippen LogP contribution in [0.2, 0.25) is 0 Å². The summed E-state index contributed by atoms with van der Waals surface area (Å²) in [7, 11) is 0. The summed E-state index contributed by atoms with van der Waals surface area (Å²) in [5.41, 5.74) is 5.19. The fourth-order valence-electron chi connectivity index (χ4n) is 1.16.